The van der Waals surface area contributed by atoms with E-state index < -0.39 is 6.04 Å². The normalized spacial score (nSPS) is 11.9. The highest BCUT2D eigenvalue weighted by atomic mass is 16.5. The summed E-state index contributed by atoms with van der Waals surface area (Å²) in [5.74, 6) is 0.485. The molecule has 0 radical (unpaired) electrons. The molecule has 1 aromatic carbocycles. The zero-order chi connectivity index (χ0) is 13.4. The minimum atomic E-state index is -0.431. The molecular weight excluding hydrogens is 230 g/mol. The van der Waals surface area contributed by atoms with Crippen LogP contribution in [0.1, 0.15) is 31.9 Å². The Labute approximate surface area is 108 Å². The number of hydrogen-bond acceptors (Lipinski definition) is 4. The lowest BCUT2D eigenvalue weighted by Crippen LogP contribution is -2.30. The van der Waals surface area contributed by atoms with Gasteiger partial charge in [0.15, 0.2) is 0 Å². The predicted molar refractivity (Wildman–Crippen MR) is 70.7 cm³/mol. The molecule has 18 heavy (non-hydrogen) atoms. The Morgan fingerprint density at radius 1 is 1.39 bits per heavy atom. The molecule has 1 unspecified atom stereocenters. The van der Waals surface area contributed by atoms with Crippen molar-refractivity contribution in [2.75, 3.05) is 20.3 Å². The van der Waals surface area contributed by atoms with Crippen molar-refractivity contribution < 1.29 is 14.3 Å². The monoisotopic (exact) mass is 251 g/mol. The van der Waals surface area contributed by atoms with Gasteiger partial charge in [-0.25, -0.2) is 4.79 Å². The number of carbonyl (C=O) groups is 1. The van der Waals surface area contributed by atoms with Crippen LogP contribution in [0.15, 0.2) is 24.3 Å². The van der Waals surface area contributed by atoms with Crippen molar-refractivity contribution in [3.05, 3.63) is 29.8 Å². The van der Waals surface area contributed by atoms with Crippen LogP contribution in [0.2, 0.25) is 0 Å². The first-order valence-electron chi connectivity index (χ1n) is 6.26. The van der Waals surface area contributed by atoms with Gasteiger partial charge >= 0.3 is 5.97 Å². The molecule has 1 aromatic rings. The fraction of sp³-hybridized carbons (Fsp3) is 0.500. The summed E-state index contributed by atoms with van der Waals surface area (Å²) in [7, 11) is 1.61. The molecule has 0 saturated heterocycles. The number of methoxy groups -OCH3 is 1. The highest BCUT2D eigenvalue weighted by molar-refractivity contribution is 5.77. The Hall–Kier alpha value is -1.55. The number of ether oxygens (including phenoxy) is 2. The van der Waals surface area contributed by atoms with Gasteiger partial charge in [0.25, 0.3) is 0 Å². The van der Waals surface area contributed by atoms with Gasteiger partial charge in [-0.15, -0.1) is 0 Å². The van der Waals surface area contributed by atoms with Crippen molar-refractivity contribution >= 4 is 5.97 Å². The van der Waals surface area contributed by atoms with E-state index in [2.05, 4.69) is 12.2 Å². The first-order valence-corrected chi connectivity index (χ1v) is 6.26. The molecule has 1 N–H and O–H groups in total. The third-order valence-corrected chi connectivity index (χ3v) is 2.55. The van der Waals surface area contributed by atoms with Gasteiger partial charge in [0, 0.05) is 0 Å². The van der Waals surface area contributed by atoms with E-state index in [0.29, 0.717) is 6.61 Å². The lowest BCUT2D eigenvalue weighted by atomic mass is 10.1. The predicted octanol–water partition coefficient (Wildman–Crippen LogP) is 2.30. The summed E-state index contributed by atoms with van der Waals surface area (Å²) < 4.78 is 10.3. The zero-order valence-electron chi connectivity index (χ0n) is 11.2. The minimum Gasteiger partial charge on any atom is -0.497 e. The van der Waals surface area contributed by atoms with E-state index in [1.165, 1.54) is 0 Å². The molecule has 0 bridgehead atoms. The molecule has 0 heterocycles. The Balaban J connectivity index is 2.89. The molecular formula is C14H21NO3. The molecule has 0 saturated carbocycles. The van der Waals surface area contributed by atoms with Crippen LogP contribution in [0.3, 0.4) is 0 Å². The van der Waals surface area contributed by atoms with Gasteiger partial charge in [-0.1, -0.05) is 19.1 Å². The smallest absolute Gasteiger partial charge is 0.327 e. The third-order valence-electron chi connectivity index (χ3n) is 2.55. The third kappa shape index (κ3) is 4.04. The van der Waals surface area contributed by atoms with Crippen molar-refractivity contribution in [2.24, 2.45) is 0 Å². The summed E-state index contributed by atoms with van der Waals surface area (Å²) in [6, 6.07) is 7.04. The van der Waals surface area contributed by atoms with Crippen LogP contribution in [0.25, 0.3) is 0 Å². The van der Waals surface area contributed by atoms with Gasteiger partial charge in [-0.2, -0.15) is 0 Å². The highest BCUT2D eigenvalue weighted by Crippen LogP contribution is 2.20. The van der Waals surface area contributed by atoms with Gasteiger partial charge in [0.2, 0.25) is 0 Å². The maximum atomic E-state index is 11.9. The molecule has 0 aliphatic carbocycles. The summed E-state index contributed by atoms with van der Waals surface area (Å²) in [6.07, 6.45) is 0.958. The Kier molecular flexibility index (Phi) is 6.22. The van der Waals surface area contributed by atoms with Crippen LogP contribution >= 0.6 is 0 Å². The summed E-state index contributed by atoms with van der Waals surface area (Å²) in [6.45, 7) is 5.01. The summed E-state index contributed by atoms with van der Waals surface area (Å²) in [5, 5.41) is 3.19. The SMILES string of the molecule is CCCNC(C(=O)OCC)c1cccc(OC)c1. The summed E-state index contributed by atoms with van der Waals surface area (Å²) in [4.78, 5) is 11.9. The van der Waals surface area contributed by atoms with Gasteiger partial charge in [0.1, 0.15) is 11.8 Å². The largest absolute Gasteiger partial charge is 0.497 e. The molecule has 4 heteroatoms. The maximum Gasteiger partial charge on any atom is 0.327 e. The van der Waals surface area contributed by atoms with E-state index >= 15 is 0 Å². The minimum absolute atomic E-state index is 0.251. The Morgan fingerprint density at radius 2 is 2.17 bits per heavy atom. The van der Waals surface area contributed by atoms with E-state index in [9.17, 15) is 4.79 Å². The van der Waals surface area contributed by atoms with E-state index in [4.69, 9.17) is 9.47 Å². The second kappa shape index (κ2) is 7.71. The number of benzene rings is 1. The van der Waals surface area contributed by atoms with Crippen molar-refractivity contribution in [2.45, 2.75) is 26.3 Å². The first-order chi connectivity index (χ1) is 8.72. The van der Waals surface area contributed by atoms with Gasteiger partial charge < -0.3 is 14.8 Å². The zero-order valence-corrected chi connectivity index (χ0v) is 11.2. The fourth-order valence-electron chi connectivity index (χ4n) is 1.67. The highest BCUT2D eigenvalue weighted by Gasteiger charge is 2.21. The Morgan fingerprint density at radius 3 is 2.78 bits per heavy atom. The molecule has 0 aliphatic rings. The van der Waals surface area contributed by atoms with Crippen molar-refractivity contribution in [3.63, 3.8) is 0 Å². The molecule has 0 spiro atoms. The molecule has 100 valence electrons. The molecule has 0 amide bonds. The van der Waals surface area contributed by atoms with Gasteiger partial charge in [-0.3, -0.25) is 0 Å². The molecule has 0 aromatic heterocycles. The van der Waals surface area contributed by atoms with Crippen LogP contribution < -0.4 is 10.1 Å². The van der Waals surface area contributed by atoms with Crippen molar-refractivity contribution in [1.82, 2.24) is 5.32 Å². The Bertz CT molecular complexity index is 379. The average molecular weight is 251 g/mol. The standard InChI is InChI=1S/C14H21NO3/c1-4-9-15-13(14(16)18-5-2)11-7-6-8-12(10-11)17-3/h6-8,10,13,15H,4-5,9H2,1-3H3. The summed E-state index contributed by atoms with van der Waals surface area (Å²) >= 11 is 0. The second-order valence-corrected chi connectivity index (χ2v) is 3.92. The van der Waals surface area contributed by atoms with Gasteiger partial charge in [0.05, 0.1) is 13.7 Å². The summed E-state index contributed by atoms with van der Waals surface area (Å²) in [5.41, 5.74) is 0.862. The van der Waals surface area contributed by atoms with Crippen LogP contribution in [-0.2, 0) is 9.53 Å². The fourth-order valence-corrected chi connectivity index (χ4v) is 1.67. The quantitative estimate of drug-likeness (QED) is 0.755. The van der Waals surface area contributed by atoms with Crippen molar-refractivity contribution in [1.29, 1.82) is 0 Å². The molecule has 0 aliphatic heterocycles. The van der Waals surface area contributed by atoms with Crippen LogP contribution in [-0.4, -0.2) is 26.2 Å². The molecule has 1 rings (SSSR count). The molecule has 4 nitrogen and oxygen atoms in total. The first kappa shape index (κ1) is 14.5. The molecule has 0 fully saturated rings. The van der Waals surface area contributed by atoms with Crippen molar-refractivity contribution in [3.8, 4) is 5.75 Å². The lowest BCUT2D eigenvalue weighted by Gasteiger charge is -2.17. The van der Waals surface area contributed by atoms with Crippen LogP contribution in [0, 0.1) is 0 Å². The second-order valence-electron chi connectivity index (χ2n) is 3.92. The van der Waals surface area contributed by atoms with Gasteiger partial charge in [-0.05, 0) is 37.6 Å². The molecule has 1 atom stereocenters. The number of carbonyl (C=O) groups excluding carboxylic acids is 1. The van der Waals surface area contributed by atoms with E-state index in [1.54, 1.807) is 14.0 Å². The number of rotatable bonds is 7. The number of hydrogen-bond donors (Lipinski definition) is 1. The van der Waals surface area contributed by atoms with Crippen LogP contribution in [0.4, 0.5) is 0 Å². The lowest BCUT2D eigenvalue weighted by molar-refractivity contribution is -0.145. The topological polar surface area (TPSA) is 47.6 Å². The van der Waals surface area contributed by atoms with E-state index in [1.807, 2.05) is 24.3 Å². The van der Waals surface area contributed by atoms with E-state index in [-0.39, 0.29) is 5.97 Å². The maximum absolute atomic E-state index is 11.9. The average Bonchev–Trinajstić information content (AvgIpc) is 2.40. The van der Waals surface area contributed by atoms with Crippen LogP contribution in [0.5, 0.6) is 5.75 Å². The number of nitrogens with one attached hydrogen (secondary N) is 1. The van der Waals surface area contributed by atoms with E-state index in [0.717, 1.165) is 24.3 Å². The number of esters is 1.